The first-order valence-corrected chi connectivity index (χ1v) is 9.94. The molecule has 0 bridgehead atoms. The molecule has 0 amide bonds. The second kappa shape index (κ2) is 8.12. The van der Waals surface area contributed by atoms with Gasteiger partial charge in [-0.25, -0.2) is 19.6 Å². The molecule has 7 nitrogen and oxygen atoms in total. The number of anilines is 1. The maximum absolute atomic E-state index is 5.58. The Morgan fingerprint density at radius 1 is 1.11 bits per heavy atom. The lowest BCUT2D eigenvalue weighted by atomic mass is 10.1. The molecule has 0 aliphatic heterocycles. The Bertz CT molecular complexity index is 975. The molecular formula is C21H30N6O. The summed E-state index contributed by atoms with van der Waals surface area (Å²) in [6.45, 7) is 10.6. The van der Waals surface area contributed by atoms with Crippen molar-refractivity contribution in [3.05, 3.63) is 23.5 Å². The van der Waals surface area contributed by atoms with Crippen molar-refractivity contribution in [1.29, 1.82) is 0 Å². The Balaban J connectivity index is 2.24. The van der Waals surface area contributed by atoms with E-state index in [0.717, 1.165) is 46.7 Å². The summed E-state index contributed by atoms with van der Waals surface area (Å²) in [6, 6.07) is 4.34. The van der Waals surface area contributed by atoms with Crippen LogP contribution in [0.2, 0.25) is 0 Å². The lowest BCUT2D eigenvalue weighted by Gasteiger charge is -2.15. The molecule has 0 saturated heterocycles. The van der Waals surface area contributed by atoms with Gasteiger partial charge in [0.05, 0.1) is 24.4 Å². The quantitative estimate of drug-likeness (QED) is 0.636. The van der Waals surface area contributed by atoms with Crippen LogP contribution in [0, 0.1) is 6.92 Å². The maximum Gasteiger partial charge on any atom is 0.223 e. The van der Waals surface area contributed by atoms with Crippen LogP contribution in [0.4, 0.5) is 5.82 Å². The normalized spacial score (nSPS) is 11.6. The summed E-state index contributed by atoms with van der Waals surface area (Å²) in [5, 5.41) is 7.93. The molecule has 1 N–H and O–H groups in total. The van der Waals surface area contributed by atoms with Crippen LogP contribution in [0.25, 0.3) is 22.4 Å². The second-order valence-electron chi connectivity index (χ2n) is 7.29. The standard InChI is InChI=1S/C21H30N6O/c1-8-14(9-2)27-20-17(13(5)26-27)24-18(19(22-6)25-20)15-10-11-16(12(3)4)23-21(15)28-7/h10-12,14H,8-9H2,1-7H3,(H,22,25). The molecule has 0 atom stereocenters. The van der Waals surface area contributed by atoms with Crippen LogP contribution in [0.1, 0.15) is 63.9 Å². The van der Waals surface area contributed by atoms with Crippen molar-refractivity contribution in [2.24, 2.45) is 0 Å². The van der Waals surface area contributed by atoms with Gasteiger partial charge < -0.3 is 10.1 Å². The molecule has 150 valence electrons. The lowest BCUT2D eigenvalue weighted by molar-refractivity contribution is 0.397. The molecule has 0 fully saturated rings. The van der Waals surface area contributed by atoms with Crippen LogP contribution < -0.4 is 10.1 Å². The molecule has 3 rings (SSSR count). The number of hydrogen-bond acceptors (Lipinski definition) is 6. The summed E-state index contributed by atoms with van der Waals surface area (Å²) in [7, 11) is 3.49. The summed E-state index contributed by atoms with van der Waals surface area (Å²) < 4.78 is 7.60. The second-order valence-corrected chi connectivity index (χ2v) is 7.29. The Morgan fingerprint density at radius 2 is 1.82 bits per heavy atom. The van der Waals surface area contributed by atoms with Gasteiger partial charge >= 0.3 is 0 Å². The Kier molecular flexibility index (Phi) is 5.82. The molecule has 3 aromatic heterocycles. The van der Waals surface area contributed by atoms with E-state index in [0.29, 0.717) is 23.7 Å². The number of aryl methyl sites for hydroxylation is 1. The number of methoxy groups -OCH3 is 1. The number of aromatic nitrogens is 5. The van der Waals surface area contributed by atoms with Gasteiger partial charge in [-0.3, -0.25) is 0 Å². The zero-order valence-corrected chi connectivity index (χ0v) is 17.9. The molecule has 0 saturated carbocycles. The number of pyridine rings is 1. The van der Waals surface area contributed by atoms with Gasteiger partial charge in [0.25, 0.3) is 0 Å². The average molecular weight is 383 g/mol. The fraction of sp³-hybridized carbons (Fsp3) is 0.524. The van der Waals surface area contributed by atoms with E-state index in [1.54, 1.807) is 7.11 Å². The zero-order valence-electron chi connectivity index (χ0n) is 17.9. The van der Waals surface area contributed by atoms with Crippen molar-refractivity contribution in [2.75, 3.05) is 19.5 Å². The monoisotopic (exact) mass is 382 g/mol. The highest BCUT2D eigenvalue weighted by Gasteiger charge is 2.22. The van der Waals surface area contributed by atoms with Gasteiger partial charge in [-0.2, -0.15) is 5.10 Å². The third-order valence-corrected chi connectivity index (χ3v) is 5.14. The zero-order chi connectivity index (χ0) is 20.4. The smallest absolute Gasteiger partial charge is 0.223 e. The molecular weight excluding hydrogens is 352 g/mol. The first-order chi connectivity index (χ1) is 13.4. The minimum absolute atomic E-state index is 0.308. The van der Waals surface area contributed by atoms with Gasteiger partial charge in [0, 0.05) is 12.7 Å². The highest BCUT2D eigenvalue weighted by Crippen LogP contribution is 2.35. The highest BCUT2D eigenvalue weighted by molar-refractivity contribution is 5.84. The topological polar surface area (TPSA) is 77.8 Å². The number of hydrogen-bond donors (Lipinski definition) is 1. The van der Waals surface area contributed by atoms with Gasteiger partial charge in [0.15, 0.2) is 11.5 Å². The molecule has 0 aromatic carbocycles. The van der Waals surface area contributed by atoms with Crippen molar-refractivity contribution < 1.29 is 4.74 Å². The van der Waals surface area contributed by atoms with Crippen LogP contribution in [0.5, 0.6) is 5.88 Å². The fourth-order valence-corrected chi connectivity index (χ4v) is 3.45. The van der Waals surface area contributed by atoms with Crippen LogP contribution >= 0.6 is 0 Å². The third kappa shape index (κ3) is 3.41. The lowest BCUT2D eigenvalue weighted by Crippen LogP contribution is -2.10. The Morgan fingerprint density at radius 3 is 2.39 bits per heavy atom. The minimum atomic E-state index is 0.308. The Labute approximate surface area is 166 Å². The first-order valence-electron chi connectivity index (χ1n) is 9.94. The molecule has 3 heterocycles. The van der Waals surface area contributed by atoms with E-state index in [2.05, 4.69) is 38.0 Å². The predicted molar refractivity (Wildman–Crippen MR) is 113 cm³/mol. The van der Waals surface area contributed by atoms with Gasteiger partial charge in [-0.1, -0.05) is 27.7 Å². The first kappa shape index (κ1) is 20.0. The molecule has 3 aromatic rings. The minimum Gasteiger partial charge on any atom is -0.480 e. The van der Waals surface area contributed by atoms with Gasteiger partial charge in [0.1, 0.15) is 11.2 Å². The van der Waals surface area contributed by atoms with E-state index in [1.165, 1.54) is 0 Å². The number of fused-ring (bicyclic) bond motifs is 1. The summed E-state index contributed by atoms with van der Waals surface area (Å²) in [4.78, 5) is 14.5. The largest absolute Gasteiger partial charge is 0.480 e. The third-order valence-electron chi connectivity index (χ3n) is 5.14. The van der Waals surface area contributed by atoms with Crippen molar-refractivity contribution in [3.8, 4) is 17.1 Å². The van der Waals surface area contributed by atoms with Crippen molar-refractivity contribution >= 4 is 17.0 Å². The van der Waals surface area contributed by atoms with Crippen LogP contribution in [0.15, 0.2) is 12.1 Å². The maximum atomic E-state index is 5.58. The van der Waals surface area contributed by atoms with E-state index in [4.69, 9.17) is 19.8 Å². The Hall–Kier alpha value is -2.70. The van der Waals surface area contributed by atoms with Crippen LogP contribution in [-0.4, -0.2) is 38.9 Å². The fourth-order valence-electron chi connectivity index (χ4n) is 3.45. The molecule has 0 aliphatic carbocycles. The number of nitrogens with one attached hydrogen (secondary N) is 1. The van der Waals surface area contributed by atoms with Crippen molar-refractivity contribution in [3.63, 3.8) is 0 Å². The predicted octanol–water partition coefficient (Wildman–Crippen LogP) is 4.73. The average Bonchev–Trinajstić information content (AvgIpc) is 3.03. The summed E-state index contributed by atoms with van der Waals surface area (Å²) in [5.41, 5.74) is 5.03. The number of ether oxygens (including phenoxy) is 1. The van der Waals surface area contributed by atoms with E-state index in [-0.39, 0.29) is 0 Å². The molecule has 7 heteroatoms. The molecule has 0 radical (unpaired) electrons. The van der Waals surface area contributed by atoms with Crippen molar-refractivity contribution in [1.82, 2.24) is 24.7 Å². The van der Waals surface area contributed by atoms with E-state index in [9.17, 15) is 0 Å². The summed E-state index contributed by atoms with van der Waals surface area (Å²) in [5.74, 6) is 1.57. The number of nitrogens with zero attached hydrogens (tertiary/aromatic N) is 5. The van der Waals surface area contributed by atoms with Gasteiger partial charge in [0.2, 0.25) is 5.88 Å². The summed E-state index contributed by atoms with van der Waals surface area (Å²) >= 11 is 0. The van der Waals surface area contributed by atoms with E-state index < -0.39 is 0 Å². The van der Waals surface area contributed by atoms with Gasteiger partial charge in [-0.15, -0.1) is 0 Å². The number of rotatable bonds is 7. The highest BCUT2D eigenvalue weighted by atomic mass is 16.5. The van der Waals surface area contributed by atoms with Crippen LogP contribution in [0.3, 0.4) is 0 Å². The molecule has 0 unspecified atom stereocenters. The summed E-state index contributed by atoms with van der Waals surface area (Å²) in [6.07, 6.45) is 2.00. The van der Waals surface area contributed by atoms with Crippen molar-refractivity contribution in [2.45, 2.75) is 59.4 Å². The molecule has 0 spiro atoms. The SMILES string of the molecule is CCC(CC)n1nc(C)c2nc(-c3ccc(C(C)C)nc3OC)c(NC)nc21. The van der Waals surface area contributed by atoms with Crippen LogP contribution in [-0.2, 0) is 0 Å². The molecule has 0 aliphatic rings. The van der Waals surface area contributed by atoms with Gasteiger partial charge in [-0.05, 0) is 37.8 Å². The van der Waals surface area contributed by atoms with E-state index in [1.807, 2.05) is 30.8 Å². The van der Waals surface area contributed by atoms with E-state index >= 15 is 0 Å². The molecule has 28 heavy (non-hydrogen) atoms.